The minimum absolute atomic E-state index is 0.144. The van der Waals surface area contributed by atoms with E-state index in [2.05, 4.69) is 5.32 Å². The fourth-order valence-corrected chi connectivity index (χ4v) is 6.37. The Hall–Kier alpha value is -4.60. The van der Waals surface area contributed by atoms with Crippen LogP contribution in [0.25, 0.3) is 11.1 Å². The number of hydrogen-bond acceptors (Lipinski definition) is 12. The molecule has 3 aromatic rings. The zero-order valence-corrected chi connectivity index (χ0v) is 31.5. The van der Waals surface area contributed by atoms with Gasteiger partial charge < -0.3 is 33.7 Å². The Morgan fingerprint density at radius 1 is 0.722 bits per heavy atom. The summed E-state index contributed by atoms with van der Waals surface area (Å²) in [6, 6.07) is 22.7. The van der Waals surface area contributed by atoms with Gasteiger partial charge in [0.25, 0.3) is 0 Å². The lowest BCUT2D eigenvalue weighted by atomic mass is 9.95. The number of fused-ring (bicyclic) bond motifs is 3. The van der Waals surface area contributed by atoms with Gasteiger partial charge in [-0.2, -0.15) is 5.06 Å². The van der Waals surface area contributed by atoms with Crippen molar-refractivity contribution in [1.82, 2.24) is 10.4 Å². The van der Waals surface area contributed by atoms with Gasteiger partial charge >= 0.3 is 30.1 Å². The Morgan fingerprint density at radius 3 is 1.87 bits per heavy atom. The Kier molecular flexibility index (Phi) is 13.6. The molecular formula is C37H37Cl3N2O12. The summed E-state index contributed by atoms with van der Waals surface area (Å²) in [6.45, 7) is 1.70. The summed E-state index contributed by atoms with van der Waals surface area (Å²) in [6.07, 6.45) is -8.48. The van der Waals surface area contributed by atoms with Crippen molar-refractivity contribution in [3.05, 3.63) is 95.6 Å². The van der Waals surface area contributed by atoms with Crippen molar-refractivity contribution in [2.24, 2.45) is 0 Å². The molecule has 288 valence electrons. The van der Waals surface area contributed by atoms with E-state index in [1.54, 1.807) is 30.3 Å². The van der Waals surface area contributed by atoms with Gasteiger partial charge in [-0.25, -0.2) is 9.59 Å². The van der Waals surface area contributed by atoms with Crippen LogP contribution in [0, 0.1) is 0 Å². The maximum atomic E-state index is 14.3. The van der Waals surface area contributed by atoms with E-state index in [4.69, 9.17) is 68.1 Å². The number of alkyl halides is 3. The molecule has 2 aliphatic rings. The fraction of sp³-hybridized carbons (Fsp3) is 0.378. The molecule has 1 aliphatic heterocycles. The predicted octanol–water partition coefficient (Wildman–Crippen LogP) is 5.99. The zero-order chi connectivity index (χ0) is 39.0. The number of alkyl carbamates (subject to hydrolysis) is 1. The van der Waals surface area contributed by atoms with E-state index in [-0.39, 0.29) is 19.1 Å². The average molecular weight is 808 g/mol. The highest BCUT2D eigenvalue weighted by molar-refractivity contribution is 6.67. The van der Waals surface area contributed by atoms with Gasteiger partial charge in [0.05, 0.1) is 0 Å². The van der Waals surface area contributed by atoms with E-state index in [9.17, 15) is 24.0 Å². The molecule has 54 heavy (non-hydrogen) atoms. The van der Waals surface area contributed by atoms with Gasteiger partial charge in [-0.05, 0) is 27.8 Å². The monoisotopic (exact) mass is 806 g/mol. The number of nitrogens with zero attached hydrogens (tertiary/aromatic N) is 1. The van der Waals surface area contributed by atoms with Crippen LogP contribution < -0.4 is 5.32 Å². The number of carbonyl (C=O) groups excluding carboxylic acids is 5. The van der Waals surface area contributed by atoms with E-state index >= 15 is 0 Å². The zero-order valence-electron chi connectivity index (χ0n) is 29.3. The van der Waals surface area contributed by atoms with Crippen LogP contribution in [0.3, 0.4) is 0 Å². The molecule has 0 unspecified atom stereocenters. The molecule has 2 amide bonds. The topological polar surface area (TPSA) is 165 Å². The molecule has 1 aliphatic carbocycles. The molecule has 1 saturated heterocycles. The number of hydroxylamine groups is 2. The van der Waals surface area contributed by atoms with Gasteiger partial charge in [0.2, 0.25) is 3.79 Å². The number of esters is 3. The lowest BCUT2D eigenvalue weighted by Crippen LogP contribution is -2.70. The number of amides is 2. The first-order valence-electron chi connectivity index (χ1n) is 16.7. The SMILES string of the molecule is CC(=O)OC[C@H]1O[C@@H](N(OCc2ccccc2)C(=O)OCC2c3ccccc3-c3ccccc32)[C@H](NC(=O)OCC(Cl)(Cl)Cl)[C@@H](OC(C)=O)[C@@H]1OC(C)=O. The molecule has 17 heteroatoms. The van der Waals surface area contributed by atoms with Crippen LogP contribution in [0.15, 0.2) is 78.9 Å². The van der Waals surface area contributed by atoms with Crippen LogP contribution in [-0.2, 0) is 54.2 Å². The van der Waals surface area contributed by atoms with Gasteiger partial charge in [-0.1, -0.05) is 114 Å². The van der Waals surface area contributed by atoms with Crippen molar-refractivity contribution in [2.45, 2.75) is 67.7 Å². The van der Waals surface area contributed by atoms with Crippen molar-refractivity contribution in [3.8, 4) is 11.1 Å². The van der Waals surface area contributed by atoms with Crippen LogP contribution in [0.2, 0.25) is 0 Å². The van der Waals surface area contributed by atoms with Crippen LogP contribution in [0.1, 0.15) is 43.4 Å². The van der Waals surface area contributed by atoms with Gasteiger partial charge in [0, 0.05) is 26.7 Å². The molecule has 0 spiro atoms. The van der Waals surface area contributed by atoms with Crippen LogP contribution in [-0.4, -0.2) is 89.4 Å². The highest BCUT2D eigenvalue weighted by Crippen LogP contribution is 2.44. The van der Waals surface area contributed by atoms with E-state index in [0.29, 0.717) is 5.56 Å². The number of nitrogens with one attached hydrogen (secondary N) is 1. The predicted molar refractivity (Wildman–Crippen MR) is 193 cm³/mol. The number of benzene rings is 3. The molecule has 1 heterocycles. The second-order valence-electron chi connectivity index (χ2n) is 12.3. The molecule has 5 atom stereocenters. The maximum Gasteiger partial charge on any atom is 0.436 e. The Bertz CT molecular complexity index is 1780. The van der Waals surface area contributed by atoms with E-state index < -0.39 is 77.7 Å². The van der Waals surface area contributed by atoms with Crippen molar-refractivity contribution < 1.29 is 57.2 Å². The molecule has 0 aromatic heterocycles. The van der Waals surface area contributed by atoms with E-state index in [1.807, 2.05) is 48.5 Å². The minimum Gasteiger partial charge on any atom is -0.463 e. The second-order valence-corrected chi connectivity index (χ2v) is 14.8. The summed E-state index contributed by atoms with van der Waals surface area (Å²) in [5, 5.41) is 3.20. The number of halogens is 3. The van der Waals surface area contributed by atoms with Gasteiger partial charge in [0.15, 0.2) is 18.4 Å². The highest BCUT2D eigenvalue weighted by Gasteiger charge is 2.55. The number of carbonyl (C=O) groups is 5. The van der Waals surface area contributed by atoms with Crippen LogP contribution >= 0.6 is 34.8 Å². The van der Waals surface area contributed by atoms with E-state index in [1.165, 1.54) is 0 Å². The smallest absolute Gasteiger partial charge is 0.436 e. The lowest BCUT2D eigenvalue weighted by Gasteiger charge is -2.47. The van der Waals surface area contributed by atoms with Crippen molar-refractivity contribution in [1.29, 1.82) is 0 Å². The fourth-order valence-electron chi connectivity index (χ4n) is 6.21. The van der Waals surface area contributed by atoms with Gasteiger partial charge in [-0.15, -0.1) is 0 Å². The third-order valence-corrected chi connectivity index (χ3v) is 8.66. The summed E-state index contributed by atoms with van der Waals surface area (Å²) in [5.74, 6) is -2.78. The molecule has 0 bridgehead atoms. The lowest BCUT2D eigenvalue weighted by molar-refractivity contribution is -0.302. The summed E-state index contributed by atoms with van der Waals surface area (Å²) < 4.78 is 31.7. The van der Waals surface area contributed by atoms with Crippen molar-refractivity contribution >= 4 is 64.9 Å². The van der Waals surface area contributed by atoms with Crippen molar-refractivity contribution in [3.63, 3.8) is 0 Å². The Labute approximate surface area is 325 Å². The molecule has 0 saturated carbocycles. The molecule has 5 rings (SSSR count). The number of hydrogen-bond donors (Lipinski definition) is 1. The number of ether oxygens (including phenoxy) is 6. The third kappa shape index (κ3) is 10.5. The first kappa shape index (κ1) is 40.6. The number of rotatable bonds is 12. The summed E-state index contributed by atoms with van der Waals surface area (Å²) in [7, 11) is 0. The normalized spacial score (nSPS) is 20.4. The third-order valence-electron chi connectivity index (χ3n) is 8.33. The summed E-state index contributed by atoms with van der Waals surface area (Å²) >= 11 is 17.4. The van der Waals surface area contributed by atoms with Gasteiger partial charge in [0.1, 0.15) is 38.6 Å². The summed E-state index contributed by atoms with van der Waals surface area (Å²) in [4.78, 5) is 70.4. The highest BCUT2D eigenvalue weighted by atomic mass is 35.6. The quantitative estimate of drug-likeness (QED) is 0.0986. The second kappa shape index (κ2) is 18.2. The standard InChI is InChI=1S/C37H37Cl3N2O12/c1-21(43)48-19-30-32(52-22(2)44)33(53-23(3)45)31(41-35(46)50-20-37(38,39)40)34(54-30)42(51-17-24-11-5-4-6-12-24)36(47)49-18-29-27-15-9-7-13-25(27)26-14-8-10-16-28(26)29/h4-16,29-34H,17-20H2,1-3H3,(H,41,46)/t30-,31-,32-,33-,34-/m1/s1. The van der Waals surface area contributed by atoms with Gasteiger partial charge in [-0.3, -0.25) is 19.2 Å². The van der Waals surface area contributed by atoms with Crippen LogP contribution in [0.4, 0.5) is 9.59 Å². The van der Waals surface area contributed by atoms with E-state index in [0.717, 1.165) is 48.1 Å². The molecule has 14 nitrogen and oxygen atoms in total. The maximum absolute atomic E-state index is 14.3. The molecule has 0 radical (unpaired) electrons. The largest absolute Gasteiger partial charge is 0.463 e. The minimum atomic E-state index is -2.00. The average Bonchev–Trinajstić information content (AvgIpc) is 3.44. The molecular weight excluding hydrogens is 771 g/mol. The van der Waals surface area contributed by atoms with Crippen molar-refractivity contribution in [2.75, 3.05) is 19.8 Å². The Balaban J connectivity index is 1.54. The molecule has 1 N–H and O–H groups in total. The molecule has 1 fully saturated rings. The van der Waals surface area contributed by atoms with Crippen LogP contribution in [0.5, 0.6) is 0 Å². The first-order valence-corrected chi connectivity index (χ1v) is 17.8. The summed E-state index contributed by atoms with van der Waals surface area (Å²) in [5.41, 5.74) is 4.49. The first-order chi connectivity index (χ1) is 25.7. The molecule has 3 aromatic carbocycles. The Morgan fingerprint density at radius 2 is 1.30 bits per heavy atom.